The number of aromatic nitrogens is 2. The lowest BCUT2D eigenvalue weighted by atomic mass is 10.2. The van der Waals surface area contributed by atoms with E-state index in [1.807, 2.05) is 24.3 Å². The molecule has 3 aromatic rings. The van der Waals surface area contributed by atoms with Crippen molar-refractivity contribution in [1.29, 1.82) is 0 Å². The lowest BCUT2D eigenvalue weighted by Gasteiger charge is -2.08. The number of para-hydroxylation sites is 1. The fourth-order valence-corrected chi connectivity index (χ4v) is 3.65. The molecule has 2 aromatic heterocycles. The highest BCUT2D eigenvalue weighted by Gasteiger charge is 2.10. The first-order valence-electron chi connectivity index (χ1n) is 8.82. The molecule has 0 atom stereocenters. The number of pyridine rings is 1. The van der Waals surface area contributed by atoms with Crippen molar-refractivity contribution < 1.29 is 9.59 Å². The second kappa shape index (κ2) is 9.09. The first kappa shape index (κ1) is 19.5. The van der Waals surface area contributed by atoms with Crippen molar-refractivity contribution in [2.45, 2.75) is 25.8 Å². The van der Waals surface area contributed by atoms with Crippen LogP contribution in [-0.2, 0) is 16.1 Å². The van der Waals surface area contributed by atoms with E-state index in [4.69, 9.17) is 5.73 Å². The topological polar surface area (TPSA) is 107 Å². The Morgan fingerprint density at radius 3 is 2.82 bits per heavy atom. The highest BCUT2D eigenvalue weighted by Crippen LogP contribution is 2.21. The fraction of sp³-hybridized carbons (Fsp3) is 0.200. The highest BCUT2D eigenvalue weighted by atomic mass is 32.1. The lowest BCUT2D eigenvalue weighted by molar-refractivity contribution is -0.116. The Hall–Kier alpha value is -3.26. The molecule has 0 unspecified atom stereocenters. The first-order valence-corrected chi connectivity index (χ1v) is 9.64. The van der Waals surface area contributed by atoms with E-state index in [9.17, 15) is 14.4 Å². The third-order valence-corrected chi connectivity index (χ3v) is 5.02. The molecule has 3 N–H and O–H groups in total. The summed E-state index contributed by atoms with van der Waals surface area (Å²) < 4.78 is 2.60. The second-order valence-corrected chi connectivity index (χ2v) is 7.29. The minimum Gasteiger partial charge on any atom is -0.366 e. The van der Waals surface area contributed by atoms with Crippen molar-refractivity contribution in [3.05, 3.63) is 70.1 Å². The number of nitrogens with one attached hydrogen (secondary N) is 1. The molecule has 0 fully saturated rings. The Morgan fingerprint density at radius 1 is 1.21 bits per heavy atom. The Labute approximate surface area is 165 Å². The maximum absolute atomic E-state index is 12.6. The van der Waals surface area contributed by atoms with Crippen LogP contribution in [0.5, 0.6) is 0 Å². The molecule has 0 aliphatic carbocycles. The van der Waals surface area contributed by atoms with Gasteiger partial charge in [-0.3, -0.25) is 14.4 Å². The highest BCUT2D eigenvalue weighted by molar-refractivity contribution is 7.18. The number of rotatable bonds is 8. The molecular formula is C20H20N4O3S. The first-order chi connectivity index (χ1) is 13.5. The van der Waals surface area contributed by atoms with Crippen molar-refractivity contribution in [3.8, 4) is 0 Å². The zero-order valence-corrected chi connectivity index (χ0v) is 15.9. The SMILES string of the molecule is NC(=O)/C=C/CCCC(=O)Nc1cccn(Cc2nc3ccccc3s2)c1=O. The van der Waals surface area contributed by atoms with Crippen LogP contribution < -0.4 is 16.6 Å². The van der Waals surface area contributed by atoms with Crippen LogP contribution in [0.4, 0.5) is 5.69 Å². The number of anilines is 1. The maximum Gasteiger partial charge on any atom is 0.274 e. The van der Waals surface area contributed by atoms with Crippen molar-refractivity contribution in [3.63, 3.8) is 0 Å². The number of primary amides is 1. The molecule has 8 heteroatoms. The van der Waals surface area contributed by atoms with E-state index in [-0.39, 0.29) is 23.6 Å². The summed E-state index contributed by atoms with van der Waals surface area (Å²) in [5, 5.41) is 3.48. The van der Waals surface area contributed by atoms with Gasteiger partial charge >= 0.3 is 0 Å². The van der Waals surface area contributed by atoms with Crippen molar-refractivity contribution in [2.75, 3.05) is 5.32 Å². The van der Waals surface area contributed by atoms with Gasteiger partial charge < -0.3 is 15.6 Å². The number of allylic oxidation sites excluding steroid dienone is 1. The molecule has 2 heterocycles. The zero-order chi connectivity index (χ0) is 19.9. The van der Waals surface area contributed by atoms with Crippen LogP contribution in [-0.4, -0.2) is 21.4 Å². The molecule has 1 aromatic carbocycles. The number of amides is 2. The average molecular weight is 396 g/mol. The van der Waals surface area contributed by atoms with Gasteiger partial charge in [0.25, 0.3) is 5.56 Å². The monoisotopic (exact) mass is 396 g/mol. The molecule has 0 saturated carbocycles. The minimum absolute atomic E-state index is 0.237. The van der Waals surface area contributed by atoms with Crippen molar-refractivity contribution in [1.82, 2.24) is 9.55 Å². The number of benzene rings is 1. The number of nitrogens with two attached hydrogens (primary N) is 1. The third kappa shape index (κ3) is 5.14. The number of fused-ring (bicyclic) bond motifs is 1. The number of hydrogen-bond donors (Lipinski definition) is 2. The van der Waals surface area contributed by atoms with Gasteiger partial charge in [-0.2, -0.15) is 0 Å². The Balaban J connectivity index is 1.63. The summed E-state index contributed by atoms with van der Waals surface area (Å²) in [5.74, 6) is -0.760. The third-order valence-electron chi connectivity index (χ3n) is 3.99. The average Bonchev–Trinajstić information content (AvgIpc) is 3.07. The van der Waals surface area contributed by atoms with Gasteiger partial charge in [-0.15, -0.1) is 11.3 Å². The molecule has 0 aliphatic rings. The number of nitrogens with zero attached hydrogens (tertiary/aromatic N) is 2. The molecule has 0 radical (unpaired) electrons. The molecular weight excluding hydrogens is 376 g/mol. The molecule has 0 spiro atoms. The van der Waals surface area contributed by atoms with E-state index in [1.54, 1.807) is 35.7 Å². The summed E-state index contributed by atoms with van der Waals surface area (Å²) in [6, 6.07) is 11.1. The standard InChI is InChI=1S/C20H20N4O3S/c21-17(25)10-2-1-3-11-18(26)22-15-8-6-12-24(20(15)27)13-19-23-14-7-4-5-9-16(14)28-19/h2,4-10,12H,1,3,11,13H2,(H2,21,25)(H,22,26)/b10-2+. The van der Waals surface area contributed by atoms with Crippen LogP contribution in [0.2, 0.25) is 0 Å². The predicted molar refractivity (Wildman–Crippen MR) is 110 cm³/mol. The normalized spacial score (nSPS) is 11.1. The van der Waals surface area contributed by atoms with Crippen LogP contribution >= 0.6 is 11.3 Å². The van der Waals surface area contributed by atoms with Gasteiger partial charge in [0, 0.05) is 12.6 Å². The molecule has 3 rings (SSSR count). The zero-order valence-electron chi connectivity index (χ0n) is 15.1. The summed E-state index contributed by atoms with van der Waals surface area (Å²) in [4.78, 5) is 39.8. The largest absolute Gasteiger partial charge is 0.366 e. The molecule has 7 nitrogen and oxygen atoms in total. The summed E-state index contributed by atoms with van der Waals surface area (Å²) in [6.45, 7) is 0.347. The molecule has 0 bridgehead atoms. The van der Waals surface area contributed by atoms with Gasteiger partial charge in [0.05, 0.1) is 16.8 Å². The molecule has 0 aliphatic heterocycles. The van der Waals surface area contributed by atoms with E-state index in [2.05, 4.69) is 10.3 Å². The molecule has 2 amide bonds. The predicted octanol–water partition coefficient (Wildman–Crippen LogP) is 2.66. The van der Waals surface area contributed by atoms with Crippen molar-refractivity contribution >= 4 is 39.1 Å². The summed E-state index contributed by atoms with van der Waals surface area (Å²) >= 11 is 1.54. The number of thiazole rings is 1. The number of hydrogen-bond acceptors (Lipinski definition) is 5. The second-order valence-electron chi connectivity index (χ2n) is 6.18. The van der Waals surface area contributed by atoms with E-state index < -0.39 is 5.91 Å². The van der Waals surface area contributed by atoms with E-state index >= 15 is 0 Å². The summed E-state index contributed by atoms with van der Waals surface area (Å²) in [5.41, 5.74) is 5.87. The van der Waals surface area contributed by atoms with E-state index in [0.717, 1.165) is 15.2 Å². The Morgan fingerprint density at radius 2 is 2.04 bits per heavy atom. The van der Waals surface area contributed by atoms with Gasteiger partial charge in [0.2, 0.25) is 11.8 Å². The van der Waals surface area contributed by atoms with Crippen LogP contribution in [0, 0.1) is 0 Å². The van der Waals surface area contributed by atoms with Crippen molar-refractivity contribution in [2.24, 2.45) is 5.73 Å². The number of carbonyl (C=O) groups excluding carboxylic acids is 2. The van der Waals surface area contributed by atoms with Gasteiger partial charge in [0.15, 0.2) is 0 Å². The summed E-state index contributed by atoms with van der Waals surface area (Å²) in [6.07, 6.45) is 5.95. The van der Waals surface area contributed by atoms with Crippen LogP contribution in [0.1, 0.15) is 24.3 Å². The van der Waals surface area contributed by atoms with Gasteiger partial charge in [0.1, 0.15) is 10.7 Å². The Kier molecular flexibility index (Phi) is 6.33. The number of unbranched alkanes of at least 4 members (excludes halogenated alkanes) is 1. The van der Waals surface area contributed by atoms with Gasteiger partial charge in [-0.1, -0.05) is 18.2 Å². The maximum atomic E-state index is 12.6. The molecule has 28 heavy (non-hydrogen) atoms. The number of carbonyl (C=O) groups is 2. The smallest absolute Gasteiger partial charge is 0.274 e. The van der Waals surface area contributed by atoms with Crippen LogP contribution in [0.15, 0.2) is 59.5 Å². The van der Waals surface area contributed by atoms with Gasteiger partial charge in [-0.05, 0) is 43.2 Å². The van der Waals surface area contributed by atoms with E-state index in [0.29, 0.717) is 19.4 Å². The Bertz CT molecular complexity index is 1050. The quantitative estimate of drug-likeness (QED) is 0.451. The molecule has 144 valence electrons. The summed E-state index contributed by atoms with van der Waals surface area (Å²) in [7, 11) is 0. The minimum atomic E-state index is -0.512. The van der Waals surface area contributed by atoms with Crippen LogP contribution in [0.3, 0.4) is 0 Å². The fourth-order valence-electron chi connectivity index (χ4n) is 2.68. The van der Waals surface area contributed by atoms with E-state index in [1.165, 1.54) is 10.6 Å². The lowest BCUT2D eigenvalue weighted by Crippen LogP contribution is -2.25. The van der Waals surface area contributed by atoms with Crippen LogP contribution in [0.25, 0.3) is 10.2 Å². The molecule has 0 saturated heterocycles. The van der Waals surface area contributed by atoms with Gasteiger partial charge in [-0.25, -0.2) is 4.98 Å².